The minimum absolute atomic E-state index is 0.000116. The summed E-state index contributed by atoms with van der Waals surface area (Å²) in [6.07, 6.45) is 5.11. The highest BCUT2D eigenvalue weighted by atomic mass is 16.6. The van der Waals surface area contributed by atoms with Crippen molar-refractivity contribution >= 4 is 17.8 Å². The molecular formula is C25H33N3O3. The van der Waals surface area contributed by atoms with Gasteiger partial charge in [-0.2, -0.15) is 0 Å². The van der Waals surface area contributed by atoms with Crippen molar-refractivity contribution < 1.29 is 14.3 Å². The molecule has 3 rings (SSSR count). The lowest BCUT2D eigenvalue weighted by atomic mass is 10.1. The summed E-state index contributed by atoms with van der Waals surface area (Å²) in [5.41, 5.74) is 1.13. The molecule has 0 N–H and O–H groups in total. The zero-order valence-corrected chi connectivity index (χ0v) is 19.0. The van der Waals surface area contributed by atoms with Gasteiger partial charge in [0.15, 0.2) is 0 Å². The van der Waals surface area contributed by atoms with Gasteiger partial charge in [0.1, 0.15) is 11.4 Å². The van der Waals surface area contributed by atoms with Crippen LogP contribution in [0.25, 0.3) is 0 Å². The Morgan fingerprint density at radius 2 is 1.90 bits per heavy atom. The van der Waals surface area contributed by atoms with Crippen LogP contribution in [0.15, 0.2) is 48.7 Å². The van der Waals surface area contributed by atoms with E-state index in [0.29, 0.717) is 17.9 Å². The number of amides is 2. The number of benzene rings is 1. The molecule has 1 saturated heterocycles. The molecule has 0 radical (unpaired) electrons. The molecule has 2 amide bonds. The van der Waals surface area contributed by atoms with E-state index in [1.54, 1.807) is 11.1 Å². The van der Waals surface area contributed by atoms with Crippen molar-refractivity contribution in [3.05, 3.63) is 59.8 Å². The summed E-state index contributed by atoms with van der Waals surface area (Å²) < 4.78 is 5.57. The summed E-state index contributed by atoms with van der Waals surface area (Å²) in [4.78, 5) is 33.8. The maximum absolute atomic E-state index is 13.0. The summed E-state index contributed by atoms with van der Waals surface area (Å²) in [5, 5.41) is 0. The van der Waals surface area contributed by atoms with Gasteiger partial charge in [-0.1, -0.05) is 37.6 Å². The fourth-order valence-electron chi connectivity index (χ4n) is 3.79. The van der Waals surface area contributed by atoms with Crippen molar-refractivity contribution in [2.24, 2.45) is 0 Å². The van der Waals surface area contributed by atoms with Gasteiger partial charge in [-0.25, -0.2) is 9.78 Å². The molecule has 2 heterocycles. The predicted octanol–water partition coefficient (Wildman–Crippen LogP) is 5.60. The topological polar surface area (TPSA) is 62.7 Å². The average Bonchev–Trinajstić information content (AvgIpc) is 3.23. The third-order valence-corrected chi connectivity index (χ3v) is 5.32. The van der Waals surface area contributed by atoms with E-state index in [1.807, 2.05) is 68.1 Å². The first-order valence-electron chi connectivity index (χ1n) is 11.1. The summed E-state index contributed by atoms with van der Waals surface area (Å²) in [5.74, 6) is 0.621. The Hall–Kier alpha value is -2.89. The molecule has 1 aromatic carbocycles. The zero-order valence-electron chi connectivity index (χ0n) is 19.0. The van der Waals surface area contributed by atoms with Crippen molar-refractivity contribution in [3.63, 3.8) is 0 Å². The Morgan fingerprint density at radius 3 is 2.52 bits per heavy atom. The van der Waals surface area contributed by atoms with Crippen LogP contribution in [0.1, 0.15) is 75.3 Å². The Kier molecular flexibility index (Phi) is 7.31. The van der Waals surface area contributed by atoms with Crippen LogP contribution in [-0.4, -0.2) is 40.6 Å². The molecule has 0 bridgehead atoms. The van der Waals surface area contributed by atoms with Crippen molar-refractivity contribution in [1.29, 1.82) is 0 Å². The molecule has 6 nitrogen and oxygen atoms in total. The molecule has 6 heteroatoms. The van der Waals surface area contributed by atoms with Gasteiger partial charge in [0.25, 0.3) is 5.91 Å². The number of anilines is 1. The molecule has 1 aromatic heterocycles. The molecule has 0 aliphatic carbocycles. The highest BCUT2D eigenvalue weighted by Gasteiger charge is 2.31. The van der Waals surface area contributed by atoms with Crippen LogP contribution in [-0.2, 0) is 4.74 Å². The number of nitrogens with zero attached hydrogens (tertiary/aromatic N) is 3. The second-order valence-corrected chi connectivity index (χ2v) is 8.96. The van der Waals surface area contributed by atoms with Crippen LogP contribution in [0, 0.1) is 0 Å². The van der Waals surface area contributed by atoms with E-state index in [1.165, 1.54) is 0 Å². The van der Waals surface area contributed by atoms with Gasteiger partial charge in [0.05, 0.1) is 6.04 Å². The van der Waals surface area contributed by atoms with Crippen molar-refractivity contribution in [2.75, 3.05) is 18.0 Å². The molecule has 0 spiro atoms. The first-order valence-corrected chi connectivity index (χ1v) is 11.1. The van der Waals surface area contributed by atoms with Crippen LogP contribution in [0.2, 0.25) is 0 Å². The second-order valence-electron chi connectivity index (χ2n) is 8.96. The fourth-order valence-corrected chi connectivity index (χ4v) is 3.79. The number of hydrogen-bond acceptors (Lipinski definition) is 4. The van der Waals surface area contributed by atoms with Crippen LogP contribution < -0.4 is 4.90 Å². The van der Waals surface area contributed by atoms with Crippen molar-refractivity contribution in [2.45, 2.75) is 65.0 Å². The average molecular weight is 424 g/mol. The van der Waals surface area contributed by atoms with Crippen molar-refractivity contribution in [3.8, 4) is 0 Å². The number of hydrogen-bond donors (Lipinski definition) is 0. The number of aromatic nitrogens is 1. The molecule has 1 aliphatic rings. The molecule has 166 valence electrons. The molecule has 0 saturated carbocycles. The third-order valence-electron chi connectivity index (χ3n) is 5.32. The number of ether oxygens (including phenoxy) is 1. The Labute approximate surface area is 185 Å². The van der Waals surface area contributed by atoms with E-state index in [-0.39, 0.29) is 18.0 Å². The first kappa shape index (κ1) is 22.8. The van der Waals surface area contributed by atoms with Gasteiger partial charge < -0.3 is 9.64 Å². The minimum Gasteiger partial charge on any atom is -0.443 e. The number of pyridine rings is 1. The van der Waals surface area contributed by atoms with Crippen LogP contribution in [0.4, 0.5) is 10.6 Å². The minimum atomic E-state index is -0.566. The molecule has 0 unspecified atom stereocenters. The molecule has 31 heavy (non-hydrogen) atoms. The van der Waals surface area contributed by atoms with Gasteiger partial charge >= 0.3 is 6.09 Å². The van der Waals surface area contributed by atoms with Gasteiger partial charge in [-0.05, 0) is 63.8 Å². The van der Waals surface area contributed by atoms with Gasteiger partial charge in [0, 0.05) is 24.8 Å². The fraction of sp³-hybridized carbons (Fsp3) is 0.480. The summed E-state index contributed by atoms with van der Waals surface area (Å²) >= 11 is 0. The van der Waals surface area contributed by atoms with E-state index in [2.05, 4.69) is 11.9 Å². The highest BCUT2D eigenvalue weighted by molar-refractivity contribution is 5.94. The van der Waals surface area contributed by atoms with Gasteiger partial charge in [-0.15, -0.1) is 0 Å². The summed E-state index contributed by atoms with van der Waals surface area (Å²) in [6.45, 7) is 8.95. The molecule has 1 atom stereocenters. The third kappa shape index (κ3) is 5.84. The van der Waals surface area contributed by atoms with Crippen LogP contribution >= 0.6 is 0 Å². The van der Waals surface area contributed by atoms with Crippen LogP contribution in [0.3, 0.4) is 0 Å². The Morgan fingerprint density at radius 1 is 1.16 bits per heavy atom. The number of carbonyl (C=O) groups is 2. The molecule has 1 aliphatic heterocycles. The lowest BCUT2D eigenvalue weighted by Gasteiger charge is -2.28. The summed E-state index contributed by atoms with van der Waals surface area (Å²) in [6, 6.07) is 13.2. The smallest absolute Gasteiger partial charge is 0.416 e. The first-order chi connectivity index (χ1) is 14.8. The molecule has 1 fully saturated rings. The quantitative estimate of drug-likeness (QED) is 0.607. The van der Waals surface area contributed by atoms with E-state index in [4.69, 9.17) is 4.74 Å². The monoisotopic (exact) mass is 423 g/mol. The largest absolute Gasteiger partial charge is 0.443 e. The number of rotatable bonds is 6. The molecule has 2 aromatic rings. The zero-order chi connectivity index (χ0) is 22.4. The normalized spacial score (nSPS) is 16.3. The molecular weight excluding hydrogens is 390 g/mol. The summed E-state index contributed by atoms with van der Waals surface area (Å²) in [7, 11) is 0. The number of unbranched alkanes of at least 4 members (excludes halogenated alkanes) is 1. The number of carbonyl (C=O) groups excluding carboxylic acids is 2. The Balaban J connectivity index is 1.78. The lowest BCUT2D eigenvalue weighted by molar-refractivity contribution is 0.0578. The predicted molar refractivity (Wildman–Crippen MR) is 122 cm³/mol. The van der Waals surface area contributed by atoms with E-state index in [0.717, 1.165) is 37.8 Å². The van der Waals surface area contributed by atoms with E-state index >= 15 is 0 Å². The van der Waals surface area contributed by atoms with E-state index < -0.39 is 5.60 Å². The standard InChI is InChI=1S/C25H33N3O3/c1-5-6-16-28(24(30)31-25(2,3)4)22-15-14-20(18-26-22)21-13-10-17-27(21)23(29)19-11-8-7-9-12-19/h7-9,11-12,14-15,18,21H,5-6,10,13,16-17H2,1-4H3/t21-/m0/s1. The van der Waals surface area contributed by atoms with E-state index in [9.17, 15) is 9.59 Å². The SMILES string of the molecule is CCCCN(C(=O)OC(C)(C)C)c1ccc([C@@H]2CCCN2C(=O)c2ccccc2)cn1. The van der Waals surface area contributed by atoms with Crippen LogP contribution in [0.5, 0.6) is 0 Å². The van der Waals surface area contributed by atoms with Gasteiger partial charge in [-0.3, -0.25) is 9.69 Å². The maximum Gasteiger partial charge on any atom is 0.416 e. The van der Waals surface area contributed by atoms with Gasteiger partial charge in [0.2, 0.25) is 0 Å². The lowest BCUT2D eigenvalue weighted by Crippen LogP contribution is -2.38. The number of likely N-dealkylation sites (tertiary alicyclic amines) is 1. The second kappa shape index (κ2) is 9.94. The highest BCUT2D eigenvalue weighted by Crippen LogP contribution is 2.33. The maximum atomic E-state index is 13.0. The van der Waals surface area contributed by atoms with Crippen molar-refractivity contribution in [1.82, 2.24) is 9.88 Å². The Bertz CT molecular complexity index is 875.